The fourth-order valence-corrected chi connectivity index (χ4v) is 7.48. The fraction of sp³-hybridized carbons (Fsp3) is 0.818. The molecule has 3 saturated heterocycles. The van der Waals surface area contributed by atoms with Crippen molar-refractivity contribution in [3.8, 4) is 0 Å². The summed E-state index contributed by atoms with van der Waals surface area (Å²) in [6.07, 6.45) is 9.42. The van der Waals surface area contributed by atoms with Crippen molar-refractivity contribution in [3.63, 3.8) is 0 Å². The molecule has 11 heteroatoms. The second-order valence-corrected chi connectivity index (χ2v) is 14.4. The van der Waals surface area contributed by atoms with Crippen LogP contribution in [0, 0.1) is 5.92 Å². The van der Waals surface area contributed by atoms with Crippen LogP contribution in [0.25, 0.3) is 0 Å². The van der Waals surface area contributed by atoms with Gasteiger partial charge in [0.25, 0.3) is 0 Å². The van der Waals surface area contributed by atoms with E-state index in [1.807, 2.05) is 27.7 Å². The topological polar surface area (TPSA) is 119 Å². The van der Waals surface area contributed by atoms with E-state index in [-0.39, 0.29) is 12.0 Å². The third kappa shape index (κ3) is 8.20. The highest BCUT2D eigenvalue weighted by Gasteiger charge is 2.37. The second kappa shape index (κ2) is 14.3. The number of nitrogens with two attached hydrogens (primary N) is 1. The van der Waals surface area contributed by atoms with Crippen molar-refractivity contribution < 1.29 is 14.3 Å². The summed E-state index contributed by atoms with van der Waals surface area (Å²) < 4.78 is 5.58. The lowest BCUT2D eigenvalue weighted by atomic mass is 9.87. The van der Waals surface area contributed by atoms with E-state index in [0.29, 0.717) is 25.6 Å². The quantitative estimate of drug-likeness (QED) is 0.454. The number of amides is 2. The zero-order valence-electron chi connectivity index (χ0n) is 27.8. The van der Waals surface area contributed by atoms with Crippen LogP contribution in [0.3, 0.4) is 0 Å². The minimum absolute atomic E-state index is 0.184. The van der Waals surface area contributed by atoms with E-state index in [1.165, 1.54) is 52.1 Å². The molecule has 0 aromatic rings. The molecule has 3 atom stereocenters. The number of nitrogens with one attached hydrogen (secondary N) is 1. The van der Waals surface area contributed by atoms with Crippen LogP contribution in [0.5, 0.6) is 0 Å². The molecular formula is C33H56N8O3. The Bertz CT molecular complexity index is 1110. The highest BCUT2D eigenvalue weighted by atomic mass is 16.6. The number of hydrogen-bond acceptors (Lipinski definition) is 9. The molecule has 0 aromatic heterocycles. The number of rotatable bonds is 7. The van der Waals surface area contributed by atoms with E-state index < -0.39 is 23.7 Å². The highest BCUT2D eigenvalue weighted by molar-refractivity contribution is 6.43. The Balaban J connectivity index is 1.17. The first-order chi connectivity index (χ1) is 21.0. The Morgan fingerprint density at radius 2 is 1.59 bits per heavy atom. The van der Waals surface area contributed by atoms with Gasteiger partial charge in [-0.05, 0) is 92.3 Å². The molecule has 1 aliphatic carbocycles. The van der Waals surface area contributed by atoms with Gasteiger partial charge in [-0.2, -0.15) is 0 Å². The molecule has 0 spiro atoms. The SMILES string of the molecule is CCC1=NC(C(N)=O)C(NC2=CCC(N3CCC(N4CCN(C)CC4)CC3)CC2)N=C1C1CCN(C(=O)OC(C)(C)C)CC1. The van der Waals surface area contributed by atoms with Gasteiger partial charge >= 0.3 is 6.09 Å². The summed E-state index contributed by atoms with van der Waals surface area (Å²) >= 11 is 0. The largest absolute Gasteiger partial charge is 0.444 e. The number of nitrogens with zero attached hydrogens (tertiary/aromatic N) is 6. The molecule has 0 radical (unpaired) electrons. The molecule has 4 heterocycles. The van der Waals surface area contributed by atoms with Gasteiger partial charge in [0.1, 0.15) is 5.60 Å². The lowest BCUT2D eigenvalue weighted by Crippen LogP contribution is -2.53. The Hall–Kier alpha value is -2.50. The Morgan fingerprint density at radius 1 is 0.932 bits per heavy atom. The Kier molecular flexibility index (Phi) is 10.7. The maximum atomic E-state index is 12.6. The normalized spacial score (nSPS) is 29.1. The van der Waals surface area contributed by atoms with Crippen LogP contribution in [0.4, 0.5) is 4.79 Å². The van der Waals surface area contributed by atoms with E-state index >= 15 is 0 Å². The van der Waals surface area contributed by atoms with Gasteiger partial charge in [0, 0.05) is 63.0 Å². The molecule has 246 valence electrons. The van der Waals surface area contributed by atoms with Crippen molar-refractivity contribution in [3.05, 3.63) is 11.8 Å². The van der Waals surface area contributed by atoms with Crippen LogP contribution in [-0.4, -0.2) is 132 Å². The van der Waals surface area contributed by atoms with Crippen molar-refractivity contribution >= 4 is 23.4 Å². The van der Waals surface area contributed by atoms with Crippen molar-refractivity contribution in [1.29, 1.82) is 0 Å². The molecule has 11 nitrogen and oxygen atoms in total. The molecule has 3 fully saturated rings. The van der Waals surface area contributed by atoms with Gasteiger partial charge in [-0.15, -0.1) is 0 Å². The van der Waals surface area contributed by atoms with Crippen LogP contribution in [-0.2, 0) is 9.53 Å². The number of likely N-dealkylation sites (N-methyl/N-ethyl adjacent to an activating group) is 1. The van der Waals surface area contributed by atoms with E-state index in [0.717, 1.165) is 55.3 Å². The summed E-state index contributed by atoms with van der Waals surface area (Å²) in [5.41, 5.74) is 8.30. The molecule has 5 rings (SSSR count). The van der Waals surface area contributed by atoms with Crippen molar-refractivity contribution in [2.24, 2.45) is 21.6 Å². The van der Waals surface area contributed by atoms with E-state index in [4.69, 9.17) is 20.5 Å². The van der Waals surface area contributed by atoms with Crippen molar-refractivity contribution in [2.45, 2.75) is 109 Å². The molecule has 3 unspecified atom stereocenters. The Morgan fingerprint density at radius 3 is 2.16 bits per heavy atom. The number of ether oxygens (including phenoxy) is 1. The molecular weight excluding hydrogens is 556 g/mol. The number of allylic oxidation sites excluding steroid dienone is 1. The van der Waals surface area contributed by atoms with Gasteiger partial charge in [-0.3, -0.25) is 24.6 Å². The van der Waals surface area contributed by atoms with Crippen molar-refractivity contribution in [2.75, 3.05) is 59.4 Å². The van der Waals surface area contributed by atoms with Gasteiger partial charge in [0.2, 0.25) is 5.91 Å². The van der Waals surface area contributed by atoms with E-state index in [2.05, 4.69) is 33.1 Å². The zero-order chi connectivity index (χ0) is 31.4. The number of likely N-dealkylation sites (tertiary alicyclic amines) is 2. The first kappa shape index (κ1) is 32.9. The number of piperidine rings is 2. The predicted octanol–water partition coefficient (Wildman–Crippen LogP) is 2.86. The molecule has 0 aromatic carbocycles. The third-order valence-electron chi connectivity index (χ3n) is 10.1. The first-order valence-electron chi connectivity index (χ1n) is 17.0. The molecule has 2 amide bonds. The number of aliphatic imine (C=N–C) groups is 2. The highest BCUT2D eigenvalue weighted by Crippen LogP contribution is 2.29. The molecule has 3 N–H and O–H groups in total. The summed E-state index contributed by atoms with van der Waals surface area (Å²) in [5.74, 6) is -0.266. The maximum absolute atomic E-state index is 12.6. The van der Waals surface area contributed by atoms with E-state index in [9.17, 15) is 9.59 Å². The molecule has 5 aliphatic rings. The van der Waals surface area contributed by atoms with Gasteiger partial charge in [0.15, 0.2) is 12.2 Å². The minimum atomic E-state index is -0.720. The fourth-order valence-electron chi connectivity index (χ4n) is 7.48. The van der Waals surface area contributed by atoms with Gasteiger partial charge in [-0.25, -0.2) is 4.79 Å². The van der Waals surface area contributed by atoms with Crippen molar-refractivity contribution in [1.82, 2.24) is 24.9 Å². The van der Waals surface area contributed by atoms with Gasteiger partial charge < -0.3 is 25.6 Å². The van der Waals surface area contributed by atoms with Crippen LogP contribution in [0.15, 0.2) is 21.8 Å². The average molecular weight is 613 g/mol. The van der Waals surface area contributed by atoms with Crippen LogP contribution in [0.2, 0.25) is 0 Å². The monoisotopic (exact) mass is 612 g/mol. The molecule has 44 heavy (non-hydrogen) atoms. The lowest BCUT2D eigenvalue weighted by Gasteiger charge is -2.44. The van der Waals surface area contributed by atoms with Gasteiger partial charge in [0.05, 0.1) is 11.4 Å². The standard InChI is InChI=1S/C33H56N8O3/c1-6-27-28(23-11-15-41(16-12-23)32(43)44-33(2,3)4)37-31(29(36-27)30(34)42)35-24-7-9-25(10-8-24)39-17-13-26(14-18-39)40-21-19-38(5)20-22-40/h7,23,25-26,29,31,35H,6,8-22H2,1-5H3,(H2,34,42). The average Bonchev–Trinajstić information content (AvgIpc) is 3.01. The molecule has 0 saturated carbocycles. The predicted molar refractivity (Wildman–Crippen MR) is 175 cm³/mol. The Labute approximate surface area is 264 Å². The maximum Gasteiger partial charge on any atom is 0.410 e. The summed E-state index contributed by atoms with van der Waals surface area (Å²) in [5, 5.41) is 3.58. The zero-order valence-corrected chi connectivity index (χ0v) is 27.8. The van der Waals surface area contributed by atoms with E-state index in [1.54, 1.807) is 4.90 Å². The first-order valence-corrected chi connectivity index (χ1v) is 17.0. The smallest absolute Gasteiger partial charge is 0.410 e. The van der Waals surface area contributed by atoms with Crippen LogP contribution in [0.1, 0.15) is 79.1 Å². The second-order valence-electron chi connectivity index (χ2n) is 14.4. The van der Waals surface area contributed by atoms with Crippen LogP contribution >= 0.6 is 0 Å². The summed E-state index contributed by atoms with van der Waals surface area (Å²) in [4.78, 5) is 44.7. The lowest BCUT2D eigenvalue weighted by molar-refractivity contribution is -0.119. The molecule has 4 aliphatic heterocycles. The number of hydrogen-bond donors (Lipinski definition) is 2. The summed E-state index contributed by atoms with van der Waals surface area (Å²) in [6.45, 7) is 16.1. The number of piperazine rings is 1. The minimum Gasteiger partial charge on any atom is -0.444 e. The van der Waals surface area contributed by atoms with Crippen LogP contribution < -0.4 is 11.1 Å². The third-order valence-corrected chi connectivity index (χ3v) is 10.1. The summed E-state index contributed by atoms with van der Waals surface area (Å²) in [6, 6.07) is 0.590. The number of primary amides is 1. The number of carbonyl (C=O) groups is 2. The summed E-state index contributed by atoms with van der Waals surface area (Å²) in [7, 11) is 2.22. The molecule has 0 bridgehead atoms. The van der Waals surface area contributed by atoms with Gasteiger partial charge in [-0.1, -0.05) is 13.0 Å². The number of carbonyl (C=O) groups excluding carboxylic acids is 2.